The van der Waals surface area contributed by atoms with Gasteiger partial charge in [0, 0.05) is 30.7 Å². The average Bonchev–Trinajstić information content (AvgIpc) is 3.04. The zero-order valence-electron chi connectivity index (χ0n) is 14.7. The minimum Gasteiger partial charge on any atom is -0.336 e. The third kappa shape index (κ3) is 3.95. The van der Waals surface area contributed by atoms with Gasteiger partial charge in [-0.2, -0.15) is 0 Å². The van der Waals surface area contributed by atoms with Crippen LogP contribution < -0.4 is 0 Å². The smallest absolute Gasteiger partial charge is 0.276 e. The number of benzene rings is 2. The molecule has 0 aliphatic rings. The first-order valence-corrected chi connectivity index (χ1v) is 8.41. The number of hydrogen-bond acceptors (Lipinski definition) is 5. The van der Waals surface area contributed by atoms with Crippen molar-refractivity contribution >= 4 is 23.2 Å². The van der Waals surface area contributed by atoms with E-state index in [1.807, 2.05) is 12.1 Å². The SMILES string of the molecule is Cc1c(C(=O)N(C)Cc2ccc(Cl)cc2)nnn1-c1cccc([N+](=O)[O-])c1. The number of carbonyl (C=O) groups is 1. The van der Waals surface area contributed by atoms with Crippen molar-refractivity contribution in [3.63, 3.8) is 0 Å². The third-order valence-electron chi connectivity index (χ3n) is 4.06. The normalized spacial score (nSPS) is 10.6. The van der Waals surface area contributed by atoms with E-state index < -0.39 is 4.92 Å². The molecule has 0 fully saturated rings. The average molecular weight is 386 g/mol. The highest BCUT2D eigenvalue weighted by atomic mass is 35.5. The molecule has 9 heteroatoms. The fourth-order valence-electron chi connectivity index (χ4n) is 2.63. The van der Waals surface area contributed by atoms with Gasteiger partial charge in [0.1, 0.15) is 0 Å². The Balaban J connectivity index is 1.83. The van der Waals surface area contributed by atoms with Crippen LogP contribution in [0.2, 0.25) is 5.02 Å². The second-order valence-electron chi connectivity index (χ2n) is 6.00. The first kappa shape index (κ1) is 18.5. The number of nitrogens with zero attached hydrogens (tertiary/aromatic N) is 5. The van der Waals surface area contributed by atoms with Crippen LogP contribution in [-0.2, 0) is 6.54 Å². The van der Waals surface area contributed by atoms with E-state index in [2.05, 4.69) is 10.3 Å². The Morgan fingerprint density at radius 1 is 1.26 bits per heavy atom. The molecular formula is C18H16ClN5O3. The van der Waals surface area contributed by atoms with E-state index in [1.165, 1.54) is 21.7 Å². The minimum absolute atomic E-state index is 0.0601. The molecule has 0 aliphatic heterocycles. The molecule has 2 aromatic carbocycles. The minimum atomic E-state index is -0.484. The van der Waals surface area contributed by atoms with Crippen molar-refractivity contribution < 1.29 is 9.72 Å². The van der Waals surface area contributed by atoms with Gasteiger partial charge in [0.2, 0.25) is 0 Å². The number of rotatable bonds is 5. The predicted molar refractivity (Wildman–Crippen MR) is 100.0 cm³/mol. The van der Waals surface area contributed by atoms with E-state index in [-0.39, 0.29) is 17.3 Å². The maximum absolute atomic E-state index is 12.7. The van der Waals surface area contributed by atoms with Gasteiger partial charge in [-0.05, 0) is 30.7 Å². The fourth-order valence-corrected chi connectivity index (χ4v) is 2.75. The summed E-state index contributed by atoms with van der Waals surface area (Å²) in [5.41, 5.74) is 2.03. The van der Waals surface area contributed by atoms with Gasteiger partial charge in [0.05, 0.1) is 16.3 Å². The Labute approximate surface area is 160 Å². The van der Waals surface area contributed by atoms with Crippen LogP contribution in [0.25, 0.3) is 5.69 Å². The highest BCUT2D eigenvalue weighted by molar-refractivity contribution is 6.30. The quantitative estimate of drug-likeness (QED) is 0.495. The van der Waals surface area contributed by atoms with Crippen molar-refractivity contribution in [1.29, 1.82) is 0 Å². The maximum Gasteiger partial charge on any atom is 0.276 e. The Morgan fingerprint density at radius 2 is 1.96 bits per heavy atom. The van der Waals surface area contributed by atoms with Crippen LogP contribution in [0, 0.1) is 17.0 Å². The molecule has 0 atom stereocenters. The number of nitro benzene ring substituents is 1. The Kier molecular flexibility index (Phi) is 5.18. The largest absolute Gasteiger partial charge is 0.336 e. The number of nitro groups is 1. The summed E-state index contributed by atoms with van der Waals surface area (Å²) in [6.45, 7) is 2.08. The number of non-ortho nitro benzene ring substituents is 1. The van der Waals surface area contributed by atoms with Crippen LogP contribution in [0.3, 0.4) is 0 Å². The summed E-state index contributed by atoms with van der Waals surface area (Å²) in [4.78, 5) is 24.7. The van der Waals surface area contributed by atoms with Crippen molar-refractivity contribution in [3.8, 4) is 5.69 Å². The molecule has 3 rings (SSSR count). The lowest BCUT2D eigenvalue weighted by Gasteiger charge is -2.16. The van der Waals surface area contributed by atoms with Gasteiger partial charge >= 0.3 is 0 Å². The van der Waals surface area contributed by atoms with E-state index in [0.29, 0.717) is 22.9 Å². The van der Waals surface area contributed by atoms with Gasteiger partial charge in [-0.25, -0.2) is 4.68 Å². The van der Waals surface area contributed by atoms with Gasteiger partial charge < -0.3 is 4.90 Å². The van der Waals surface area contributed by atoms with E-state index in [9.17, 15) is 14.9 Å². The molecule has 1 amide bonds. The first-order chi connectivity index (χ1) is 12.9. The molecule has 27 heavy (non-hydrogen) atoms. The topological polar surface area (TPSA) is 94.2 Å². The van der Waals surface area contributed by atoms with Gasteiger partial charge in [-0.15, -0.1) is 5.10 Å². The van der Waals surface area contributed by atoms with Crippen LogP contribution in [0.4, 0.5) is 5.69 Å². The van der Waals surface area contributed by atoms with E-state index in [0.717, 1.165) is 5.56 Å². The lowest BCUT2D eigenvalue weighted by molar-refractivity contribution is -0.384. The molecule has 8 nitrogen and oxygen atoms in total. The summed E-state index contributed by atoms with van der Waals surface area (Å²) in [5, 5.41) is 19.5. The number of hydrogen-bond donors (Lipinski definition) is 0. The van der Waals surface area contributed by atoms with Crippen LogP contribution in [0.5, 0.6) is 0 Å². The van der Waals surface area contributed by atoms with Crippen molar-refractivity contribution in [2.45, 2.75) is 13.5 Å². The van der Waals surface area contributed by atoms with Gasteiger partial charge in [-0.1, -0.05) is 35.0 Å². The monoisotopic (exact) mass is 385 g/mol. The number of carbonyl (C=O) groups excluding carboxylic acids is 1. The Morgan fingerprint density at radius 3 is 2.63 bits per heavy atom. The molecular weight excluding hydrogens is 370 g/mol. The summed E-state index contributed by atoms with van der Waals surface area (Å²) < 4.78 is 1.41. The lowest BCUT2D eigenvalue weighted by Crippen LogP contribution is -2.27. The van der Waals surface area contributed by atoms with Crippen LogP contribution >= 0.6 is 11.6 Å². The second kappa shape index (κ2) is 7.55. The van der Waals surface area contributed by atoms with E-state index >= 15 is 0 Å². The predicted octanol–water partition coefficient (Wildman–Crippen LogP) is 3.41. The molecule has 1 aromatic heterocycles. The van der Waals surface area contributed by atoms with E-state index in [4.69, 9.17) is 11.6 Å². The van der Waals surface area contributed by atoms with Crippen LogP contribution in [-0.4, -0.2) is 37.8 Å². The molecule has 138 valence electrons. The number of amides is 1. The van der Waals surface area contributed by atoms with Gasteiger partial charge in [0.15, 0.2) is 5.69 Å². The molecule has 0 unspecified atom stereocenters. The molecule has 0 bridgehead atoms. The Bertz CT molecular complexity index is 1000. The highest BCUT2D eigenvalue weighted by Crippen LogP contribution is 2.19. The lowest BCUT2D eigenvalue weighted by atomic mass is 10.2. The van der Waals surface area contributed by atoms with Crippen molar-refractivity contribution in [3.05, 3.63) is 80.6 Å². The first-order valence-electron chi connectivity index (χ1n) is 8.04. The highest BCUT2D eigenvalue weighted by Gasteiger charge is 2.21. The summed E-state index contributed by atoms with van der Waals surface area (Å²) in [6, 6.07) is 13.2. The molecule has 0 saturated heterocycles. The zero-order chi connectivity index (χ0) is 19.6. The summed E-state index contributed by atoms with van der Waals surface area (Å²) in [7, 11) is 1.67. The maximum atomic E-state index is 12.7. The zero-order valence-corrected chi connectivity index (χ0v) is 15.4. The summed E-state index contributed by atoms with van der Waals surface area (Å²) in [6.07, 6.45) is 0. The van der Waals surface area contributed by atoms with Crippen LogP contribution in [0.15, 0.2) is 48.5 Å². The van der Waals surface area contributed by atoms with Crippen molar-refractivity contribution in [1.82, 2.24) is 19.9 Å². The molecule has 1 heterocycles. The third-order valence-corrected chi connectivity index (χ3v) is 4.31. The molecule has 3 aromatic rings. The molecule has 0 saturated carbocycles. The Hall–Kier alpha value is -3.26. The number of aromatic nitrogens is 3. The summed E-state index contributed by atoms with van der Waals surface area (Å²) in [5.74, 6) is -0.292. The van der Waals surface area contributed by atoms with E-state index in [1.54, 1.807) is 38.2 Å². The standard InChI is InChI=1S/C18H16ClN5O3/c1-12-17(18(25)22(2)11-13-6-8-14(19)9-7-13)20-21-23(12)15-4-3-5-16(10-15)24(26)27/h3-10H,11H2,1-2H3. The molecule has 0 N–H and O–H groups in total. The number of halogens is 1. The van der Waals surface area contributed by atoms with Gasteiger partial charge in [-0.3, -0.25) is 14.9 Å². The molecule has 0 spiro atoms. The summed E-state index contributed by atoms with van der Waals surface area (Å²) >= 11 is 5.88. The van der Waals surface area contributed by atoms with Crippen LogP contribution in [0.1, 0.15) is 21.7 Å². The van der Waals surface area contributed by atoms with Gasteiger partial charge in [0.25, 0.3) is 11.6 Å². The second-order valence-corrected chi connectivity index (χ2v) is 6.44. The molecule has 0 radical (unpaired) electrons. The van der Waals surface area contributed by atoms with Crippen molar-refractivity contribution in [2.24, 2.45) is 0 Å². The molecule has 0 aliphatic carbocycles. The van der Waals surface area contributed by atoms with Crippen molar-refractivity contribution in [2.75, 3.05) is 7.05 Å². The fraction of sp³-hybridized carbons (Fsp3) is 0.167.